The van der Waals surface area contributed by atoms with Gasteiger partial charge in [-0.3, -0.25) is 4.57 Å². The van der Waals surface area contributed by atoms with Crippen LogP contribution in [0.1, 0.15) is 32.6 Å². The van der Waals surface area contributed by atoms with E-state index >= 15 is 0 Å². The normalized spacial score (nSPS) is 30.2. The fourth-order valence-corrected chi connectivity index (χ4v) is 2.76. The summed E-state index contributed by atoms with van der Waals surface area (Å²) in [4.78, 5) is 11.5. The zero-order chi connectivity index (χ0) is 11.8. The lowest BCUT2D eigenvalue weighted by atomic mass is 9.74. The number of carbonyl (C=O) groups excluding carboxylic acids is 1. The molecular formula is C12H17NO3. The van der Waals surface area contributed by atoms with Crippen LogP contribution in [0.25, 0.3) is 0 Å². The fourth-order valence-electron chi connectivity index (χ4n) is 2.76. The average molecular weight is 223 g/mol. The minimum atomic E-state index is -0.782. The Kier molecular flexibility index (Phi) is 2.66. The first-order valence-electron chi connectivity index (χ1n) is 5.68. The highest BCUT2D eigenvalue weighted by Gasteiger charge is 2.42. The number of rotatable bonds is 2. The van der Waals surface area contributed by atoms with Crippen molar-refractivity contribution >= 4 is 6.29 Å². The van der Waals surface area contributed by atoms with Gasteiger partial charge in [-0.25, -0.2) is 0 Å². The predicted molar refractivity (Wildman–Crippen MR) is 59.4 cm³/mol. The molecule has 0 amide bonds. The van der Waals surface area contributed by atoms with Crippen LogP contribution in [-0.2, 0) is 10.3 Å². The van der Waals surface area contributed by atoms with Gasteiger partial charge in [0.15, 0.2) is 11.8 Å². The first kappa shape index (κ1) is 11.0. The second kappa shape index (κ2) is 3.85. The quantitative estimate of drug-likeness (QED) is 0.754. The molecule has 0 aliphatic heterocycles. The van der Waals surface area contributed by atoms with E-state index in [4.69, 9.17) is 0 Å². The molecule has 4 heteroatoms. The lowest BCUT2D eigenvalue weighted by Gasteiger charge is -2.39. The van der Waals surface area contributed by atoms with Gasteiger partial charge in [-0.2, -0.15) is 0 Å². The minimum absolute atomic E-state index is 0.0432. The Labute approximate surface area is 94.5 Å². The first-order chi connectivity index (χ1) is 7.62. The van der Waals surface area contributed by atoms with Gasteiger partial charge in [-0.15, -0.1) is 0 Å². The van der Waals surface area contributed by atoms with Gasteiger partial charge in [0.05, 0.1) is 0 Å². The highest BCUT2D eigenvalue weighted by molar-refractivity contribution is 5.64. The second-order valence-electron chi connectivity index (χ2n) is 4.64. The second-order valence-corrected chi connectivity index (χ2v) is 4.64. The third-order valence-electron chi connectivity index (χ3n) is 3.78. The van der Waals surface area contributed by atoms with Crippen LogP contribution in [0.15, 0.2) is 12.1 Å². The van der Waals surface area contributed by atoms with Crippen molar-refractivity contribution in [2.45, 2.75) is 38.1 Å². The van der Waals surface area contributed by atoms with E-state index in [0.29, 0.717) is 6.42 Å². The van der Waals surface area contributed by atoms with Crippen LogP contribution in [0.3, 0.4) is 0 Å². The van der Waals surface area contributed by atoms with Gasteiger partial charge in [0.2, 0.25) is 0 Å². The summed E-state index contributed by atoms with van der Waals surface area (Å²) in [6.07, 6.45) is 4.53. The van der Waals surface area contributed by atoms with Gasteiger partial charge >= 0.3 is 0 Å². The van der Waals surface area contributed by atoms with Crippen LogP contribution in [0.5, 0.6) is 11.8 Å². The maximum absolute atomic E-state index is 11.5. The maximum atomic E-state index is 11.5. The smallest absolute Gasteiger partial charge is 0.194 e. The number of aromatic hydroxyl groups is 2. The summed E-state index contributed by atoms with van der Waals surface area (Å²) in [6, 6.07) is 2.84. The number of hydrogen-bond donors (Lipinski definition) is 2. The summed E-state index contributed by atoms with van der Waals surface area (Å²) in [5, 5.41) is 19.5. The largest absolute Gasteiger partial charge is 0.494 e. The van der Waals surface area contributed by atoms with Gasteiger partial charge in [0, 0.05) is 12.1 Å². The van der Waals surface area contributed by atoms with E-state index in [2.05, 4.69) is 0 Å². The fraction of sp³-hybridized carbons (Fsp3) is 0.583. The molecule has 4 nitrogen and oxygen atoms in total. The van der Waals surface area contributed by atoms with Crippen molar-refractivity contribution in [2.24, 2.45) is 5.92 Å². The van der Waals surface area contributed by atoms with E-state index in [1.807, 2.05) is 6.92 Å². The highest BCUT2D eigenvalue weighted by Crippen LogP contribution is 2.43. The molecule has 0 spiro atoms. The number of carbonyl (C=O) groups is 1. The van der Waals surface area contributed by atoms with Crippen LogP contribution in [-0.4, -0.2) is 21.1 Å². The van der Waals surface area contributed by atoms with Gasteiger partial charge in [0.25, 0.3) is 0 Å². The molecule has 2 N–H and O–H groups in total. The van der Waals surface area contributed by atoms with E-state index in [1.54, 1.807) is 0 Å². The van der Waals surface area contributed by atoms with E-state index < -0.39 is 5.54 Å². The van der Waals surface area contributed by atoms with Gasteiger partial charge in [-0.05, 0) is 18.8 Å². The summed E-state index contributed by atoms with van der Waals surface area (Å²) in [6.45, 7) is 1.99. The third-order valence-corrected chi connectivity index (χ3v) is 3.78. The summed E-state index contributed by atoms with van der Waals surface area (Å²) in [7, 11) is 0. The Hall–Kier alpha value is -1.45. The Morgan fingerprint density at radius 2 is 2.00 bits per heavy atom. The van der Waals surface area contributed by atoms with Crippen LogP contribution >= 0.6 is 0 Å². The molecule has 1 fully saturated rings. The zero-order valence-corrected chi connectivity index (χ0v) is 9.39. The SMILES string of the molecule is CC1CCCCC1(C=O)n1c(O)ccc1O. The standard InChI is InChI=1S/C12H17NO3/c1-9-4-2-3-7-12(9,8-14)13-10(15)5-6-11(13)16/h5-6,8-9,15-16H,2-4,7H2,1H3. The van der Waals surface area contributed by atoms with Gasteiger partial charge < -0.3 is 15.0 Å². The molecule has 1 heterocycles. The Bertz CT molecular complexity index is 379. The van der Waals surface area contributed by atoms with E-state index in [-0.39, 0.29) is 17.7 Å². The van der Waals surface area contributed by atoms with Crippen molar-refractivity contribution in [3.05, 3.63) is 12.1 Å². The minimum Gasteiger partial charge on any atom is -0.494 e. The van der Waals surface area contributed by atoms with Crippen molar-refractivity contribution in [1.82, 2.24) is 4.57 Å². The molecule has 0 aromatic carbocycles. The number of aldehydes is 1. The van der Waals surface area contributed by atoms with Crippen LogP contribution in [0.4, 0.5) is 0 Å². The predicted octanol–water partition coefficient (Wildman–Crippen LogP) is 2.00. The summed E-state index contributed by atoms with van der Waals surface area (Å²) >= 11 is 0. The molecule has 88 valence electrons. The lowest BCUT2D eigenvalue weighted by molar-refractivity contribution is -0.119. The summed E-state index contributed by atoms with van der Waals surface area (Å²) < 4.78 is 1.36. The monoisotopic (exact) mass is 223 g/mol. The van der Waals surface area contributed by atoms with E-state index in [9.17, 15) is 15.0 Å². The third kappa shape index (κ3) is 1.40. The van der Waals surface area contributed by atoms with Gasteiger partial charge in [0.1, 0.15) is 11.8 Å². The number of hydrogen-bond acceptors (Lipinski definition) is 3. The van der Waals surface area contributed by atoms with E-state index in [0.717, 1.165) is 25.5 Å². The van der Waals surface area contributed by atoms with Crippen molar-refractivity contribution in [2.75, 3.05) is 0 Å². The van der Waals surface area contributed by atoms with Crippen LogP contribution in [0.2, 0.25) is 0 Å². The topological polar surface area (TPSA) is 62.5 Å². The molecule has 2 rings (SSSR count). The molecule has 0 radical (unpaired) electrons. The number of aromatic nitrogens is 1. The summed E-state index contributed by atoms with van der Waals surface area (Å²) in [5.41, 5.74) is -0.782. The van der Waals surface area contributed by atoms with E-state index in [1.165, 1.54) is 16.7 Å². The molecule has 1 aromatic heterocycles. The molecule has 0 saturated heterocycles. The van der Waals surface area contributed by atoms with Crippen LogP contribution in [0, 0.1) is 5.92 Å². The lowest BCUT2D eigenvalue weighted by Crippen LogP contribution is -2.43. The first-order valence-corrected chi connectivity index (χ1v) is 5.68. The van der Waals surface area contributed by atoms with Gasteiger partial charge in [-0.1, -0.05) is 19.8 Å². The molecule has 2 atom stereocenters. The Morgan fingerprint density at radius 3 is 2.50 bits per heavy atom. The zero-order valence-electron chi connectivity index (χ0n) is 9.39. The molecule has 1 aliphatic carbocycles. The maximum Gasteiger partial charge on any atom is 0.194 e. The average Bonchev–Trinajstić information content (AvgIpc) is 2.61. The van der Waals surface area contributed by atoms with Crippen molar-refractivity contribution in [1.29, 1.82) is 0 Å². The Morgan fingerprint density at radius 1 is 1.38 bits per heavy atom. The van der Waals surface area contributed by atoms with Crippen LogP contribution < -0.4 is 0 Å². The molecule has 0 bridgehead atoms. The number of nitrogens with zero attached hydrogens (tertiary/aromatic N) is 1. The molecular weight excluding hydrogens is 206 g/mol. The van der Waals surface area contributed by atoms with Crippen molar-refractivity contribution in [3.63, 3.8) is 0 Å². The molecule has 2 unspecified atom stereocenters. The molecule has 1 aromatic rings. The molecule has 16 heavy (non-hydrogen) atoms. The Balaban J connectivity index is 2.52. The highest BCUT2D eigenvalue weighted by atomic mass is 16.3. The molecule has 1 saturated carbocycles. The van der Waals surface area contributed by atoms with Crippen molar-refractivity contribution < 1.29 is 15.0 Å². The van der Waals surface area contributed by atoms with Crippen molar-refractivity contribution in [3.8, 4) is 11.8 Å². The molecule has 1 aliphatic rings. The summed E-state index contributed by atoms with van der Waals surface area (Å²) in [5.74, 6) is 0.0413.